The van der Waals surface area contributed by atoms with Crippen LogP contribution in [-0.2, 0) is 10.0 Å². The Balaban J connectivity index is 1.88. The van der Waals surface area contributed by atoms with Gasteiger partial charge in [0, 0.05) is 24.7 Å². The number of hydrogen-bond donors (Lipinski definition) is 1. The number of amides is 1. The lowest BCUT2D eigenvalue weighted by atomic mass is 10.1. The summed E-state index contributed by atoms with van der Waals surface area (Å²) in [6.07, 6.45) is 6.13. The van der Waals surface area contributed by atoms with Crippen molar-refractivity contribution in [2.45, 2.75) is 57.4 Å². The summed E-state index contributed by atoms with van der Waals surface area (Å²) in [6.45, 7) is 6.17. The lowest BCUT2D eigenvalue weighted by Crippen LogP contribution is -2.31. The van der Waals surface area contributed by atoms with Crippen LogP contribution in [0.5, 0.6) is 0 Å². The van der Waals surface area contributed by atoms with Crippen molar-refractivity contribution in [3.05, 3.63) is 41.6 Å². The van der Waals surface area contributed by atoms with Gasteiger partial charge in [0.2, 0.25) is 10.0 Å². The minimum atomic E-state index is -3.62. The maximum Gasteiger partial charge on any atom is 0.257 e. The van der Waals surface area contributed by atoms with E-state index in [9.17, 15) is 13.2 Å². The predicted molar refractivity (Wildman–Crippen MR) is 109 cm³/mol. The van der Waals surface area contributed by atoms with Crippen molar-refractivity contribution >= 4 is 21.7 Å². The van der Waals surface area contributed by atoms with Crippen LogP contribution in [0.4, 0.5) is 5.82 Å². The molecule has 1 aliphatic rings. The largest absolute Gasteiger partial charge is 0.307 e. The number of rotatable bonds is 7. The third-order valence-corrected chi connectivity index (χ3v) is 7.43. The van der Waals surface area contributed by atoms with Gasteiger partial charge < -0.3 is 5.32 Å². The van der Waals surface area contributed by atoms with E-state index in [1.165, 1.54) is 23.2 Å². The number of nitrogens with one attached hydrogen (secondary N) is 1. The Bertz CT molecular complexity index is 942. The van der Waals surface area contributed by atoms with Crippen LogP contribution in [0, 0.1) is 6.92 Å². The van der Waals surface area contributed by atoms with Crippen LogP contribution < -0.4 is 5.32 Å². The predicted octanol–water partition coefficient (Wildman–Crippen LogP) is 3.59. The molecule has 0 spiro atoms. The van der Waals surface area contributed by atoms with Crippen LogP contribution in [0.15, 0.2) is 35.4 Å². The van der Waals surface area contributed by atoms with Crippen molar-refractivity contribution in [2.75, 3.05) is 18.4 Å². The lowest BCUT2D eigenvalue weighted by molar-refractivity contribution is 0.102. The van der Waals surface area contributed by atoms with Crippen molar-refractivity contribution in [2.24, 2.45) is 0 Å². The van der Waals surface area contributed by atoms with Crippen LogP contribution in [-0.4, -0.2) is 41.5 Å². The van der Waals surface area contributed by atoms with Gasteiger partial charge in [-0.25, -0.2) is 13.1 Å². The number of carbonyl (C=O) groups excluding carboxylic acids is 1. The Morgan fingerprint density at radius 1 is 1.21 bits per heavy atom. The fourth-order valence-electron chi connectivity index (χ4n) is 3.76. The average Bonchev–Trinajstić information content (AvgIpc) is 3.34. The van der Waals surface area contributed by atoms with E-state index in [2.05, 4.69) is 10.4 Å². The summed E-state index contributed by atoms with van der Waals surface area (Å²) in [7, 11) is -3.62. The third kappa shape index (κ3) is 3.98. The fraction of sp³-hybridized carbons (Fsp3) is 0.500. The van der Waals surface area contributed by atoms with E-state index < -0.39 is 10.0 Å². The van der Waals surface area contributed by atoms with Crippen LogP contribution in [0.1, 0.15) is 61.5 Å². The molecule has 1 N–H and O–H groups in total. The van der Waals surface area contributed by atoms with E-state index in [1.807, 2.05) is 4.68 Å². The second-order valence-electron chi connectivity index (χ2n) is 7.12. The van der Waals surface area contributed by atoms with Gasteiger partial charge in [-0.15, -0.1) is 0 Å². The quantitative estimate of drug-likeness (QED) is 0.764. The Hall–Kier alpha value is -2.19. The highest BCUT2D eigenvalue weighted by atomic mass is 32.2. The van der Waals surface area contributed by atoms with Crippen molar-refractivity contribution in [1.82, 2.24) is 14.1 Å². The van der Waals surface area contributed by atoms with Crippen LogP contribution in [0.3, 0.4) is 0 Å². The minimum Gasteiger partial charge on any atom is -0.307 e. The summed E-state index contributed by atoms with van der Waals surface area (Å²) in [6, 6.07) is 6.79. The first-order valence-corrected chi connectivity index (χ1v) is 11.3. The highest BCUT2D eigenvalue weighted by Crippen LogP contribution is 2.31. The van der Waals surface area contributed by atoms with E-state index in [0.29, 0.717) is 30.5 Å². The average molecular weight is 405 g/mol. The van der Waals surface area contributed by atoms with Gasteiger partial charge in [-0.05, 0) is 37.5 Å². The minimum absolute atomic E-state index is 0.135. The van der Waals surface area contributed by atoms with E-state index in [0.717, 1.165) is 18.4 Å². The van der Waals surface area contributed by atoms with Gasteiger partial charge >= 0.3 is 0 Å². The van der Waals surface area contributed by atoms with Crippen molar-refractivity contribution < 1.29 is 13.2 Å². The molecule has 7 nitrogen and oxygen atoms in total. The van der Waals surface area contributed by atoms with Crippen LogP contribution >= 0.6 is 0 Å². The van der Waals surface area contributed by atoms with E-state index in [4.69, 9.17) is 0 Å². The van der Waals surface area contributed by atoms with Crippen LogP contribution in [0.25, 0.3) is 0 Å². The number of nitrogens with zero attached hydrogens (tertiary/aromatic N) is 3. The summed E-state index contributed by atoms with van der Waals surface area (Å²) in [4.78, 5) is 13.1. The normalized spacial score (nSPS) is 15.3. The van der Waals surface area contributed by atoms with Gasteiger partial charge in [0.05, 0.1) is 17.1 Å². The monoisotopic (exact) mass is 404 g/mol. The first-order chi connectivity index (χ1) is 13.4. The van der Waals surface area contributed by atoms with Crippen molar-refractivity contribution in [3.8, 4) is 0 Å². The number of carbonyl (C=O) groups is 1. The molecule has 2 aromatic rings. The highest BCUT2D eigenvalue weighted by Gasteiger charge is 2.25. The Morgan fingerprint density at radius 2 is 1.89 bits per heavy atom. The van der Waals surface area contributed by atoms with E-state index in [1.54, 1.807) is 45.2 Å². The zero-order valence-corrected chi connectivity index (χ0v) is 17.5. The summed E-state index contributed by atoms with van der Waals surface area (Å²) in [5, 5.41) is 7.28. The molecule has 1 saturated carbocycles. The summed E-state index contributed by atoms with van der Waals surface area (Å²) < 4.78 is 28.9. The van der Waals surface area contributed by atoms with Gasteiger partial charge in [-0.3, -0.25) is 4.79 Å². The number of aryl methyl sites for hydroxylation is 1. The lowest BCUT2D eigenvalue weighted by Gasteiger charge is -2.19. The molecule has 1 fully saturated rings. The first-order valence-electron chi connectivity index (χ1n) is 9.84. The fourth-order valence-corrected chi connectivity index (χ4v) is 5.24. The molecule has 1 aromatic carbocycles. The first kappa shape index (κ1) is 20.5. The maximum atomic E-state index is 12.9. The SMILES string of the molecule is CCN(CC)S(=O)(=O)c1ccc(C)c(C(=O)Nc2ccnn2C2CCCC2)c1. The number of sulfonamides is 1. The molecule has 1 aromatic heterocycles. The van der Waals surface area contributed by atoms with E-state index in [-0.39, 0.29) is 10.8 Å². The van der Waals surface area contributed by atoms with Gasteiger partial charge in [0.25, 0.3) is 5.91 Å². The number of hydrogen-bond acceptors (Lipinski definition) is 4. The van der Waals surface area contributed by atoms with Gasteiger partial charge in [0.1, 0.15) is 5.82 Å². The molecule has 0 radical (unpaired) electrons. The van der Waals surface area contributed by atoms with Crippen LogP contribution in [0.2, 0.25) is 0 Å². The smallest absolute Gasteiger partial charge is 0.257 e. The second-order valence-corrected chi connectivity index (χ2v) is 9.06. The molecular weight excluding hydrogens is 376 g/mol. The molecule has 3 rings (SSSR count). The molecule has 0 bridgehead atoms. The highest BCUT2D eigenvalue weighted by molar-refractivity contribution is 7.89. The van der Waals surface area contributed by atoms with E-state index >= 15 is 0 Å². The summed E-state index contributed by atoms with van der Waals surface area (Å²) >= 11 is 0. The topological polar surface area (TPSA) is 84.3 Å². The molecule has 0 aliphatic heterocycles. The Morgan fingerprint density at radius 3 is 2.54 bits per heavy atom. The molecule has 1 heterocycles. The molecule has 1 amide bonds. The molecule has 152 valence electrons. The maximum absolute atomic E-state index is 12.9. The Kier molecular flexibility index (Phi) is 6.20. The van der Waals surface area contributed by atoms with Gasteiger partial charge in [0.15, 0.2) is 0 Å². The molecule has 28 heavy (non-hydrogen) atoms. The molecule has 0 atom stereocenters. The zero-order valence-electron chi connectivity index (χ0n) is 16.7. The molecular formula is C20H28N4O3S. The second kappa shape index (κ2) is 8.45. The third-order valence-electron chi connectivity index (χ3n) is 5.38. The molecule has 0 saturated heterocycles. The molecule has 8 heteroatoms. The standard InChI is InChI=1S/C20H28N4O3S/c1-4-23(5-2)28(26,27)17-11-10-15(3)18(14-17)20(25)22-19-12-13-21-24(19)16-8-6-7-9-16/h10-14,16H,4-9H2,1-3H3,(H,22,25). The number of anilines is 1. The summed E-state index contributed by atoms with van der Waals surface area (Å²) in [5.41, 5.74) is 1.08. The van der Waals surface area contributed by atoms with Crippen molar-refractivity contribution in [1.29, 1.82) is 0 Å². The zero-order chi connectivity index (χ0) is 20.3. The number of benzene rings is 1. The number of aromatic nitrogens is 2. The summed E-state index contributed by atoms with van der Waals surface area (Å²) in [5.74, 6) is 0.321. The Labute approximate surface area is 166 Å². The van der Waals surface area contributed by atoms with Gasteiger partial charge in [-0.1, -0.05) is 32.8 Å². The van der Waals surface area contributed by atoms with Crippen molar-refractivity contribution in [3.63, 3.8) is 0 Å². The molecule has 1 aliphatic carbocycles. The molecule has 0 unspecified atom stereocenters. The van der Waals surface area contributed by atoms with Gasteiger partial charge in [-0.2, -0.15) is 9.40 Å².